The van der Waals surface area contributed by atoms with Crippen molar-refractivity contribution in [3.8, 4) is 10.6 Å². The van der Waals surface area contributed by atoms with E-state index in [4.69, 9.17) is 5.73 Å². The molecule has 3 aromatic rings. The molecular weight excluding hydrogens is 306 g/mol. The molecule has 0 radical (unpaired) electrons. The maximum Gasteiger partial charge on any atom is 0.251 e. The first-order chi connectivity index (χ1) is 11.3. The number of rotatable bonds is 5. The Hall–Kier alpha value is -2.50. The molecule has 0 atom stereocenters. The summed E-state index contributed by atoms with van der Waals surface area (Å²) in [5.41, 5.74) is 9.26. The van der Waals surface area contributed by atoms with Gasteiger partial charge < -0.3 is 11.1 Å². The minimum atomic E-state index is -0.111. The van der Waals surface area contributed by atoms with Crippen LogP contribution in [0.5, 0.6) is 0 Å². The summed E-state index contributed by atoms with van der Waals surface area (Å²) in [7, 11) is 0. The van der Waals surface area contributed by atoms with Gasteiger partial charge in [0.05, 0.1) is 0 Å². The molecule has 0 aliphatic carbocycles. The van der Waals surface area contributed by atoms with Crippen LogP contribution in [0.25, 0.3) is 10.6 Å². The molecule has 116 valence electrons. The second kappa shape index (κ2) is 7.17. The molecule has 0 aliphatic rings. The Bertz CT molecular complexity index is 800. The van der Waals surface area contributed by atoms with Gasteiger partial charge in [0.1, 0.15) is 5.01 Å². The SMILES string of the molecule is NCc1ccccc1C(=O)NCc1ccccc1-c1nccs1. The fraction of sp³-hybridized carbons (Fsp3) is 0.111. The van der Waals surface area contributed by atoms with Crippen molar-refractivity contribution >= 4 is 17.2 Å². The summed E-state index contributed by atoms with van der Waals surface area (Å²) >= 11 is 1.59. The molecule has 0 fully saturated rings. The van der Waals surface area contributed by atoms with Crippen LogP contribution in [0.3, 0.4) is 0 Å². The topological polar surface area (TPSA) is 68.0 Å². The van der Waals surface area contributed by atoms with Crippen LogP contribution < -0.4 is 11.1 Å². The second-order valence-corrected chi connectivity index (χ2v) is 5.93. The summed E-state index contributed by atoms with van der Waals surface area (Å²) in [5.74, 6) is -0.111. The number of nitrogens with one attached hydrogen (secondary N) is 1. The van der Waals surface area contributed by atoms with Crippen LogP contribution in [0.4, 0.5) is 0 Å². The van der Waals surface area contributed by atoms with E-state index in [9.17, 15) is 4.79 Å². The first-order valence-corrected chi connectivity index (χ1v) is 8.21. The van der Waals surface area contributed by atoms with E-state index in [0.29, 0.717) is 18.7 Å². The summed E-state index contributed by atoms with van der Waals surface area (Å²) < 4.78 is 0. The highest BCUT2D eigenvalue weighted by Crippen LogP contribution is 2.25. The number of nitrogens with two attached hydrogens (primary N) is 1. The lowest BCUT2D eigenvalue weighted by atomic mass is 10.1. The average molecular weight is 323 g/mol. The standard InChI is InChI=1S/C18H17N3OS/c19-11-13-5-1-3-7-15(13)17(22)21-12-14-6-2-4-8-16(14)18-20-9-10-23-18/h1-10H,11-12,19H2,(H,21,22). The minimum absolute atomic E-state index is 0.111. The van der Waals surface area contributed by atoms with Gasteiger partial charge in [-0.15, -0.1) is 11.3 Å². The van der Waals surface area contributed by atoms with Crippen LogP contribution in [0.1, 0.15) is 21.5 Å². The van der Waals surface area contributed by atoms with Crippen molar-refractivity contribution in [3.63, 3.8) is 0 Å². The molecular formula is C18H17N3OS. The Morgan fingerprint density at radius 2 is 1.83 bits per heavy atom. The zero-order valence-electron chi connectivity index (χ0n) is 12.5. The average Bonchev–Trinajstić information content (AvgIpc) is 3.14. The van der Waals surface area contributed by atoms with Gasteiger partial charge in [0.2, 0.25) is 0 Å². The lowest BCUT2D eigenvalue weighted by molar-refractivity contribution is 0.0950. The smallest absolute Gasteiger partial charge is 0.251 e. The Labute approximate surface area is 139 Å². The van der Waals surface area contributed by atoms with Gasteiger partial charge in [0, 0.05) is 35.8 Å². The number of hydrogen-bond acceptors (Lipinski definition) is 4. The maximum absolute atomic E-state index is 12.4. The first-order valence-electron chi connectivity index (χ1n) is 7.33. The summed E-state index contributed by atoms with van der Waals surface area (Å²) in [6, 6.07) is 15.4. The van der Waals surface area contributed by atoms with E-state index in [1.165, 1.54) is 0 Å². The molecule has 0 unspecified atom stereocenters. The molecule has 3 N–H and O–H groups in total. The summed E-state index contributed by atoms with van der Waals surface area (Å²) in [6.07, 6.45) is 1.78. The number of aromatic nitrogens is 1. The number of carbonyl (C=O) groups is 1. The molecule has 0 spiro atoms. The highest BCUT2D eigenvalue weighted by molar-refractivity contribution is 7.13. The van der Waals surface area contributed by atoms with E-state index in [2.05, 4.69) is 10.3 Å². The number of hydrogen-bond donors (Lipinski definition) is 2. The molecule has 0 saturated heterocycles. The zero-order chi connectivity index (χ0) is 16.1. The van der Waals surface area contributed by atoms with Crippen molar-refractivity contribution in [1.29, 1.82) is 0 Å². The molecule has 2 aromatic carbocycles. The zero-order valence-corrected chi connectivity index (χ0v) is 13.3. The van der Waals surface area contributed by atoms with Crippen LogP contribution in [-0.4, -0.2) is 10.9 Å². The molecule has 4 nitrogen and oxygen atoms in total. The van der Waals surface area contributed by atoms with E-state index in [0.717, 1.165) is 21.7 Å². The Morgan fingerprint density at radius 1 is 1.09 bits per heavy atom. The predicted octanol–water partition coefficient (Wildman–Crippen LogP) is 3.20. The van der Waals surface area contributed by atoms with Crippen LogP contribution >= 0.6 is 11.3 Å². The number of nitrogens with zero attached hydrogens (tertiary/aromatic N) is 1. The third-order valence-electron chi connectivity index (χ3n) is 3.60. The van der Waals surface area contributed by atoms with Gasteiger partial charge in [-0.05, 0) is 17.2 Å². The van der Waals surface area contributed by atoms with E-state index < -0.39 is 0 Å². The van der Waals surface area contributed by atoms with Crippen LogP contribution in [0.15, 0.2) is 60.1 Å². The number of thiazole rings is 1. The van der Waals surface area contributed by atoms with Crippen molar-refractivity contribution in [3.05, 3.63) is 76.8 Å². The molecule has 0 saturated carbocycles. The third-order valence-corrected chi connectivity index (χ3v) is 4.41. The largest absolute Gasteiger partial charge is 0.348 e. The van der Waals surface area contributed by atoms with E-state index >= 15 is 0 Å². The second-order valence-electron chi connectivity index (χ2n) is 5.04. The van der Waals surface area contributed by atoms with E-state index in [1.807, 2.05) is 47.8 Å². The lowest BCUT2D eigenvalue weighted by Gasteiger charge is -2.11. The summed E-state index contributed by atoms with van der Waals surface area (Å²) in [4.78, 5) is 16.8. The number of benzene rings is 2. The number of carbonyl (C=O) groups excluding carboxylic acids is 1. The molecule has 1 heterocycles. The van der Waals surface area contributed by atoms with Crippen molar-refractivity contribution < 1.29 is 4.79 Å². The van der Waals surface area contributed by atoms with Gasteiger partial charge in [-0.25, -0.2) is 4.98 Å². The number of amides is 1. The Morgan fingerprint density at radius 3 is 2.57 bits per heavy atom. The van der Waals surface area contributed by atoms with Crippen LogP contribution in [0.2, 0.25) is 0 Å². The predicted molar refractivity (Wildman–Crippen MR) is 93.1 cm³/mol. The van der Waals surface area contributed by atoms with Gasteiger partial charge in [-0.2, -0.15) is 0 Å². The summed E-state index contributed by atoms with van der Waals surface area (Å²) in [6.45, 7) is 0.798. The molecule has 1 amide bonds. The van der Waals surface area contributed by atoms with Gasteiger partial charge >= 0.3 is 0 Å². The van der Waals surface area contributed by atoms with Crippen LogP contribution in [-0.2, 0) is 13.1 Å². The van der Waals surface area contributed by atoms with Gasteiger partial charge in [-0.3, -0.25) is 4.79 Å². The fourth-order valence-corrected chi connectivity index (χ4v) is 3.13. The molecule has 3 rings (SSSR count). The van der Waals surface area contributed by atoms with Crippen molar-refractivity contribution in [2.24, 2.45) is 5.73 Å². The molecule has 23 heavy (non-hydrogen) atoms. The normalized spacial score (nSPS) is 10.5. The van der Waals surface area contributed by atoms with E-state index in [-0.39, 0.29) is 5.91 Å². The maximum atomic E-state index is 12.4. The minimum Gasteiger partial charge on any atom is -0.348 e. The third kappa shape index (κ3) is 3.47. The van der Waals surface area contributed by atoms with E-state index in [1.54, 1.807) is 23.6 Å². The monoisotopic (exact) mass is 323 g/mol. The lowest BCUT2D eigenvalue weighted by Crippen LogP contribution is -2.24. The van der Waals surface area contributed by atoms with Gasteiger partial charge in [0.15, 0.2) is 0 Å². The highest BCUT2D eigenvalue weighted by Gasteiger charge is 2.11. The van der Waals surface area contributed by atoms with Crippen molar-refractivity contribution in [2.75, 3.05) is 0 Å². The molecule has 5 heteroatoms. The quantitative estimate of drug-likeness (QED) is 0.757. The molecule has 0 aliphatic heterocycles. The Balaban J connectivity index is 1.78. The van der Waals surface area contributed by atoms with Crippen molar-refractivity contribution in [1.82, 2.24) is 10.3 Å². The Kier molecular flexibility index (Phi) is 4.80. The fourth-order valence-electron chi connectivity index (χ4n) is 2.43. The van der Waals surface area contributed by atoms with Crippen LogP contribution in [0, 0.1) is 0 Å². The summed E-state index contributed by atoms with van der Waals surface area (Å²) in [5, 5.41) is 5.88. The molecule has 0 bridgehead atoms. The molecule has 1 aromatic heterocycles. The van der Waals surface area contributed by atoms with Gasteiger partial charge in [0.25, 0.3) is 5.91 Å². The first kappa shape index (κ1) is 15.4. The highest BCUT2D eigenvalue weighted by atomic mass is 32.1. The van der Waals surface area contributed by atoms with Gasteiger partial charge in [-0.1, -0.05) is 42.5 Å². The van der Waals surface area contributed by atoms with Crippen molar-refractivity contribution in [2.45, 2.75) is 13.1 Å².